The van der Waals surface area contributed by atoms with Gasteiger partial charge in [0.1, 0.15) is 5.75 Å². The zero-order chi connectivity index (χ0) is 21.5. The van der Waals surface area contributed by atoms with E-state index in [0.717, 1.165) is 16.6 Å². The quantitative estimate of drug-likeness (QED) is 0.411. The van der Waals surface area contributed by atoms with Gasteiger partial charge in [0.15, 0.2) is 0 Å². The van der Waals surface area contributed by atoms with E-state index in [0.29, 0.717) is 27.9 Å². The summed E-state index contributed by atoms with van der Waals surface area (Å²) in [5, 5.41) is 16.7. The molecule has 3 aromatic carbocycles. The smallest absolute Gasteiger partial charge is 0.255 e. The number of carbonyl (C=O) groups excluding carboxylic acids is 1. The lowest BCUT2D eigenvalue weighted by Gasteiger charge is -2.30. The summed E-state index contributed by atoms with van der Waals surface area (Å²) in [5.74, 6) is 0.606. The van der Waals surface area contributed by atoms with E-state index >= 15 is 0 Å². The highest BCUT2D eigenvalue weighted by Gasteiger charge is 2.34. The van der Waals surface area contributed by atoms with Crippen LogP contribution in [0.2, 0.25) is 5.02 Å². The Balaban J connectivity index is 1.65. The highest BCUT2D eigenvalue weighted by atomic mass is 35.5. The number of hydrogen-bond acceptors (Lipinski definition) is 4. The van der Waals surface area contributed by atoms with E-state index in [1.807, 2.05) is 47.9 Å². The molecule has 0 aliphatic carbocycles. The van der Waals surface area contributed by atoms with Crippen molar-refractivity contribution in [2.75, 3.05) is 10.6 Å². The molecule has 3 N–H and O–H groups in total. The number of phenols is 1. The van der Waals surface area contributed by atoms with Gasteiger partial charge in [-0.15, -0.1) is 0 Å². The lowest BCUT2D eigenvalue weighted by Crippen LogP contribution is -2.30. The Morgan fingerprint density at radius 1 is 1.06 bits per heavy atom. The molecule has 1 atom stereocenters. The maximum absolute atomic E-state index is 13.5. The number of imidazole rings is 1. The average molecular weight is 431 g/mol. The van der Waals surface area contributed by atoms with E-state index in [9.17, 15) is 9.90 Å². The topological polar surface area (TPSA) is 79.2 Å². The fourth-order valence-corrected chi connectivity index (χ4v) is 4.09. The molecule has 7 heteroatoms. The second kappa shape index (κ2) is 7.49. The molecule has 0 unspecified atom stereocenters. The van der Waals surface area contributed by atoms with Crippen LogP contribution in [-0.2, 0) is 4.79 Å². The molecule has 1 amide bonds. The summed E-state index contributed by atoms with van der Waals surface area (Å²) in [4.78, 5) is 18.2. The minimum absolute atomic E-state index is 0.168. The number of allylic oxidation sites excluding steroid dienone is 1. The van der Waals surface area contributed by atoms with Crippen molar-refractivity contribution in [3.63, 3.8) is 0 Å². The monoisotopic (exact) mass is 430 g/mol. The van der Waals surface area contributed by atoms with Crippen molar-refractivity contribution in [2.24, 2.45) is 0 Å². The van der Waals surface area contributed by atoms with Crippen LogP contribution in [0.1, 0.15) is 18.5 Å². The summed E-state index contributed by atoms with van der Waals surface area (Å²) < 4.78 is 2.02. The number of rotatable bonds is 3. The average Bonchev–Trinajstić information content (AvgIpc) is 3.13. The van der Waals surface area contributed by atoms with Crippen LogP contribution in [0.15, 0.2) is 84.1 Å². The molecular weight excluding hydrogens is 412 g/mol. The molecule has 0 saturated heterocycles. The van der Waals surface area contributed by atoms with Crippen molar-refractivity contribution in [1.29, 1.82) is 0 Å². The Labute approximate surface area is 183 Å². The van der Waals surface area contributed by atoms with Gasteiger partial charge >= 0.3 is 0 Å². The first-order valence-electron chi connectivity index (χ1n) is 9.82. The number of aromatic hydroxyl groups is 1. The summed E-state index contributed by atoms with van der Waals surface area (Å²) in [5.41, 5.74) is 4.54. The first-order chi connectivity index (χ1) is 15.0. The third kappa shape index (κ3) is 3.41. The molecule has 1 aliphatic heterocycles. The van der Waals surface area contributed by atoms with Gasteiger partial charge in [0.2, 0.25) is 5.95 Å². The van der Waals surface area contributed by atoms with Gasteiger partial charge in [-0.3, -0.25) is 9.36 Å². The number of benzene rings is 3. The first-order valence-corrected chi connectivity index (χ1v) is 10.2. The molecule has 2 heterocycles. The summed E-state index contributed by atoms with van der Waals surface area (Å²) in [7, 11) is 0. The zero-order valence-electron chi connectivity index (χ0n) is 16.6. The summed E-state index contributed by atoms with van der Waals surface area (Å²) in [6.45, 7) is 1.87. The number of halogens is 1. The molecular formula is C24H19ClN4O2. The van der Waals surface area contributed by atoms with E-state index in [2.05, 4.69) is 10.6 Å². The fraction of sp³-hybridized carbons (Fsp3) is 0.0833. The number of nitrogens with one attached hydrogen (secondary N) is 2. The number of fused-ring (bicyclic) bond motifs is 3. The molecule has 0 bridgehead atoms. The molecule has 6 nitrogen and oxygen atoms in total. The van der Waals surface area contributed by atoms with Crippen molar-refractivity contribution in [1.82, 2.24) is 9.55 Å². The highest BCUT2D eigenvalue weighted by Crippen LogP contribution is 2.39. The van der Waals surface area contributed by atoms with Crippen LogP contribution >= 0.6 is 11.6 Å². The van der Waals surface area contributed by atoms with Crippen LogP contribution in [0.25, 0.3) is 11.0 Å². The van der Waals surface area contributed by atoms with E-state index in [1.165, 1.54) is 0 Å². The summed E-state index contributed by atoms with van der Waals surface area (Å²) >= 11 is 5.97. The number of hydrogen-bond donors (Lipinski definition) is 3. The maximum Gasteiger partial charge on any atom is 0.255 e. The van der Waals surface area contributed by atoms with Gasteiger partial charge in [0.05, 0.1) is 22.6 Å². The maximum atomic E-state index is 13.5. The van der Waals surface area contributed by atoms with Crippen molar-refractivity contribution >= 4 is 40.2 Å². The Bertz CT molecular complexity index is 1320. The minimum atomic E-state index is -0.420. The van der Waals surface area contributed by atoms with E-state index in [-0.39, 0.29) is 11.7 Å². The van der Waals surface area contributed by atoms with Gasteiger partial charge in [-0.25, -0.2) is 4.98 Å². The van der Waals surface area contributed by atoms with Gasteiger partial charge in [0, 0.05) is 16.4 Å². The number of para-hydroxylation sites is 2. The molecule has 31 heavy (non-hydrogen) atoms. The summed E-state index contributed by atoms with van der Waals surface area (Å²) in [6.07, 6.45) is 0. The molecule has 1 aromatic heterocycles. The first kappa shape index (κ1) is 19.2. The number of carbonyl (C=O) groups is 1. The van der Waals surface area contributed by atoms with E-state index in [1.54, 1.807) is 36.4 Å². The number of aromatic nitrogens is 2. The predicted molar refractivity (Wildman–Crippen MR) is 122 cm³/mol. The zero-order valence-corrected chi connectivity index (χ0v) is 17.4. The predicted octanol–water partition coefficient (Wildman–Crippen LogP) is 5.32. The normalized spacial score (nSPS) is 15.5. The third-order valence-electron chi connectivity index (χ3n) is 5.39. The van der Waals surface area contributed by atoms with Crippen LogP contribution < -0.4 is 10.6 Å². The second-order valence-electron chi connectivity index (χ2n) is 7.41. The van der Waals surface area contributed by atoms with Gasteiger partial charge in [-0.2, -0.15) is 0 Å². The van der Waals surface area contributed by atoms with Crippen LogP contribution in [0, 0.1) is 0 Å². The molecule has 0 spiro atoms. The largest absolute Gasteiger partial charge is 0.508 e. The Morgan fingerprint density at radius 2 is 1.77 bits per heavy atom. The molecule has 0 fully saturated rings. The standard InChI is InChI=1S/C24H19ClN4O2/c1-14-21(23(31)27-17-10-8-16(25)9-11-17)22(15-6-12-18(30)13-7-15)29-20-5-3-2-4-19(20)28-24(29)26-14/h2-13,22,30H,1H3,(H,26,28)(H,27,31)/t22-/m1/s1. The number of phenolic OH excluding ortho intramolecular Hbond substituents is 1. The molecule has 154 valence electrons. The van der Waals surface area contributed by atoms with Crippen LogP contribution in [0.4, 0.5) is 11.6 Å². The van der Waals surface area contributed by atoms with Crippen LogP contribution in [-0.4, -0.2) is 20.6 Å². The minimum Gasteiger partial charge on any atom is -0.508 e. The molecule has 5 rings (SSSR count). The molecule has 4 aromatic rings. The SMILES string of the molecule is CC1=C(C(=O)Nc2ccc(Cl)cc2)[C@@H](c2ccc(O)cc2)n2c(nc3ccccc32)N1. The van der Waals surface area contributed by atoms with Crippen molar-refractivity contribution in [2.45, 2.75) is 13.0 Å². The molecule has 1 aliphatic rings. The van der Waals surface area contributed by atoms with E-state index in [4.69, 9.17) is 16.6 Å². The van der Waals surface area contributed by atoms with Crippen molar-refractivity contribution < 1.29 is 9.90 Å². The van der Waals surface area contributed by atoms with Gasteiger partial charge < -0.3 is 15.7 Å². The van der Waals surface area contributed by atoms with Gasteiger partial charge in [0.25, 0.3) is 5.91 Å². The highest BCUT2D eigenvalue weighted by molar-refractivity contribution is 6.30. The number of nitrogens with zero attached hydrogens (tertiary/aromatic N) is 2. The number of anilines is 2. The summed E-state index contributed by atoms with van der Waals surface area (Å²) in [6, 6.07) is 21.3. The third-order valence-corrected chi connectivity index (χ3v) is 5.64. The van der Waals surface area contributed by atoms with Crippen molar-refractivity contribution in [3.05, 3.63) is 94.7 Å². The van der Waals surface area contributed by atoms with Gasteiger partial charge in [-0.05, 0) is 61.0 Å². The van der Waals surface area contributed by atoms with Crippen molar-refractivity contribution in [3.8, 4) is 5.75 Å². The number of amides is 1. The lowest BCUT2D eigenvalue weighted by atomic mass is 9.94. The second-order valence-corrected chi connectivity index (χ2v) is 7.85. The Hall–Kier alpha value is -3.77. The fourth-order valence-electron chi connectivity index (χ4n) is 3.96. The molecule has 0 radical (unpaired) electrons. The lowest BCUT2D eigenvalue weighted by molar-refractivity contribution is -0.113. The Morgan fingerprint density at radius 3 is 2.52 bits per heavy atom. The van der Waals surface area contributed by atoms with Gasteiger partial charge in [-0.1, -0.05) is 35.9 Å². The van der Waals surface area contributed by atoms with Crippen LogP contribution in [0.3, 0.4) is 0 Å². The molecule has 0 saturated carbocycles. The Kier molecular flexibility index (Phi) is 4.64. The van der Waals surface area contributed by atoms with E-state index < -0.39 is 6.04 Å². The van der Waals surface area contributed by atoms with Crippen LogP contribution in [0.5, 0.6) is 5.75 Å².